The number of nitrogens with one attached hydrogen (secondary N) is 2. The van der Waals surface area contributed by atoms with Crippen molar-refractivity contribution in [2.45, 2.75) is 32.7 Å². The van der Waals surface area contributed by atoms with Crippen molar-refractivity contribution in [1.82, 2.24) is 14.6 Å². The molecule has 0 radical (unpaired) electrons. The van der Waals surface area contributed by atoms with Gasteiger partial charge in [-0.05, 0) is 31.4 Å². The summed E-state index contributed by atoms with van der Waals surface area (Å²) in [7, 11) is -3.34. The molecule has 1 aromatic heterocycles. The molecule has 2 heterocycles. The van der Waals surface area contributed by atoms with Gasteiger partial charge in [-0.1, -0.05) is 13.3 Å². The van der Waals surface area contributed by atoms with Crippen LogP contribution in [0.2, 0.25) is 0 Å². The zero-order valence-electron chi connectivity index (χ0n) is 13.6. The molecule has 1 aliphatic heterocycles. The summed E-state index contributed by atoms with van der Waals surface area (Å²) in [5.74, 6) is -0.298. The number of hydrogen-bond acceptors (Lipinski definition) is 4. The van der Waals surface area contributed by atoms with Crippen LogP contribution < -0.4 is 10.3 Å². The first-order valence-electron chi connectivity index (χ1n) is 7.67. The van der Waals surface area contributed by atoms with Crippen LogP contribution in [0.25, 0.3) is 0 Å². The molecule has 0 saturated carbocycles. The molecule has 2 rings (SSSR count). The average molecular weight is 341 g/mol. The second kappa shape index (κ2) is 6.84. The zero-order chi connectivity index (χ0) is 17.2. The van der Waals surface area contributed by atoms with E-state index in [-0.39, 0.29) is 30.0 Å². The lowest BCUT2D eigenvalue weighted by Crippen LogP contribution is -2.40. The molecule has 1 fully saturated rings. The number of pyridine rings is 1. The van der Waals surface area contributed by atoms with Gasteiger partial charge in [-0.25, -0.2) is 13.1 Å². The van der Waals surface area contributed by atoms with Crippen molar-refractivity contribution < 1.29 is 13.2 Å². The smallest absolute Gasteiger partial charge is 0.260 e. The van der Waals surface area contributed by atoms with Crippen LogP contribution in [0, 0.1) is 12.8 Å². The van der Waals surface area contributed by atoms with Crippen molar-refractivity contribution in [3.8, 4) is 0 Å². The fourth-order valence-electron chi connectivity index (χ4n) is 3.02. The third-order valence-corrected chi connectivity index (χ3v) is 4.77. The highest BCUT2D eigenvalue weighted by Crippen LogP contribution is 2.23. The minimum atomic E-state index is -3.34. The summed E-state index contributed by atoms with van der Waals surface area (Å²) in [6.45, 7) is 4.50. The highest BCUT2D eigenvalue weighted by molar-refractivity contribution is 7.88. The molecule has 8 heteroatoms. The molecule has 0 aliphatic carbocycles. The van der Waals surface area contributed by atoms with Crippen LogP contribution in [0.15, 0.2) is 16.9 Å². The third-order valence-electron chi connectivity index (χ3n) is 4.04. The van der Waals surface area contributed by atoms with Crippen LogP contribution >= 0.6 is 0 Å². The lowest BCUT2D eigenvalue weighted by Gasteiger charge is -2.17. The Morgan fingerprint density at radius 2 is 2.09 bits per heavy atom. The maximum atomic E-state index is 12.6. The quantitative estimate of drug-likeness (QED) is 0.813. The molecular formula is C15H23N3O4S. The first kappa shape index (κ1) is 17.7. The van der Waals surface area contributed by atoms with Crippen molar-refractivity contribution in [1.29, 1.82) is 0 Å². The van der Waals surface area contributed by atoms with Crippen LogP contribution in [-0.2, 0) is 10.0 Å². The number of aryl methyl sites for hydroxylation is 1. The first-order chi connectivity index (χ1) is 10.7. The monoisotopic (exact) mass is 341 g/mol. The van der Waals surface area contributed by atoms with E-state index in [2.05, 4.69) is 9.71 Å². The van der Waals surface area contributed by atoms with Crippen LogP contribution in [0.3, 0.4) is 0 Å². The number of H-pyrrole nitrogens is 1. The standard InChI is InChI=1S/C15H23N3O4S/c1-4-5-11-8-18(9-13(11)17-23(3,21)22)15(20)12-7-6-10(2)16-14(12)19/h6-7,11,13,17H,4-5,8-9H2,1-3H3,(H,16,19)/t11-,13-/m1/s1. The lowest BCUT2D eigenvalue weighted by molar-refractivity contribution is 0.0783. The highest BCUT2D eigenvalue weighted by Gasteiger charge is 2.36. The molecular weight excluding hydrogens is 318 g/mol. The van der Waals surface area contributed by atoms with Gasteiger partial charge in [-0.15, -0.1) is 0 Å². The minimum Gasteiger partial charge on any atom is -0.337 e. The maximum Gasteiger partial charge on any atom is 0.260 e. The predicted octanol–water partition coefficient (Wildman–Crippen LogP) is 0.473. The largest absolute Gasteiger partial charge is 0.337 e. The Bertz CT molecular complexity index is 741. The summed E-state index contributed by atoms with van der Waals surface area (Å²) in [4.78, 5) is 28.7. The molecule has 7 nitrogen and oxygen atoms in total. The van der Waals surface area contributed by atoms with Gasteiger partial charge in [-0.2, -0.15) is 0 Å². The Labute approximate surface area is 136 Å². The molecule has 23 heavy (non-hydrogen) atoms. The summed E-state index contributed by atoms with van der Waals surface area (Å²) in [6, 6.07) is 2.89. The Hall–Kier alpha value is -1.67. The Morgan fingerprint density at radius 1 is 1.39 bits per heavy atom. The molecule has 1 aromatic rings. The van der Waals surface area contributed by atoms with E-state index in [1.807, 2.05) is 6.92 Å². The Kier molecular flexibility index (Phi) is 5.26. The van der Waals surface area contributed by atoms with Crippen LogP contribution in [0.1, 0.15) is 35.8 Å². The third kappa shape index (κ3) is 4.42. The summed E-state index contributed by atoms with van der Waals surface area (Å²) in [5.41, 5.74) is 0.362. The molecule has 128 valence electrons. The summed E-state index contributed by atoms with van der Waals surface area (Å²) < 4.78 is 25.6. The maximum absolute atomic E-state index is 12.6. The van der Waals surface area contributed by atoms with E-state index >= 15 is 0 Å². The number of carbonyl (C=O) groups excluding carboxylic acids is 1. The van der Waals surface area contributed by atoms with E-state index < -0.39 is 15.6 Å². The zero-order valence-corrected chi connectivity index (χ0v) is 14.4. The van der Waals surface area contributed by atoms with E-state index in [0.29, 0.717) is 12.2 Å². The number of carbonyl (C=O) groups is 1. The van der Waals surface area contributed by atoms with Gasteiger partial charge in [0.2, 0.25) is 10.0 Å². The van der Waals surface area contributed by atoms with E-state index in [1.54, 1.807) is 17.9 Å². The second-order valence-electron chi connectivity index (χ2n) is 6.14. The molecule has 0 unspecified atom stereocenters. The van der Waals surface area contributed by atoms with Crippen molar-refractivity contribution in [3.63, 3.8) is 0 Å². The normalized spacial score (nSPS) is 21.6. The van der Waals surface area contributed by atoms with E-state index in [9.17, 15) is 18.0 Å². The molecule has 1 saturated heterocycles. The molecule has 2 atom stereocenters. The lowest BCUT2D eigenvalue weighted by atomic mass is 9.99. The number of sulfonamides is 1. The van der Waals surface area contributed by atoms with Crippen LogP contribution in [0.5, 0.6) is 0 Å². The van der Waals surface area contributed by atoms with Crippen LogP contribution in [-0.4, -0.2) is 49.6 Å². The SMILES string of the molecule is CCC[C@@H]1CN(C(=O)c2ccc(C)[nH]c2=O)C[C@H]1NS(C)(=O)=O. The number of amides is 1. The second-order valence-corrected chi connectivity index (χ2v) is 7.92. The minimum absolute atomic E-state index is 0.0585. The number of aromatic nitrogens is 1. The topological polar surface area (TPSA) is 99.3 Å². The Balaban J connectivity index is 2.20. The Morgan fingerprint density at radius 3 is 2.65 bits per heavy atom. The molecule has 0 bridgehead atoms. The van der Waals surface area contributed by atoms with Gasteiger partial charge in [0.05, 0.1) is 6.26 Å². The average Bonchev–Trinajstić information content (AvgIpc) is 2.79. The van der Waals surface area contributed by atoms with Gasteiger partial charge < -0.3 is 9.88 Å². The molecule has 2 N–H and O–H groups in total. The number of nitrogens with zero attached hydrogens (tertiary/aromatic N) is 1. The van der Waals surface area contributed by atoms with E-state index in [4.69, 9.17) is 0 Å². The summed E-state index contributed by atoms with van der Waals surface area (Å²) in [6.07, 6.45) is 2.84. The fraction of sp³-hybridized carbons (Fsp3) is 0.600. The van der Waals surface area contributed by atoms with Gasteiger partial charge in [0.1, 0.15) is 5.56 Å². The fourth-order valence-corrected chi connectivity index (χ4v) is 3.84. The first-order valence-corrected chi connectivity index (χ1v) is 9.57. The van der Waals surface area contributed by atoms with E-state index in [1.165, 1.54) is 6.07 Å². The summed E-state index contributed by atoms with van der Waals surface area (Å²) in [5, 5.41) is 0. The van der Waals surface area contributed by atoms with Gasteiger partial charge in [0.15, 0.2) is 0 Å². The highest BCUT2D eigenvalue weighted by atomic mass is 32.2. The molecule has 0 aromatic carbocycles. The van der Waals surface area contributed by atoms with Crippen molar-refractivity contribution >= 4 is 15.9 Å². The summed E-state index contributed by atoms with van der Waals surface area (Å²) >= 11 is 0. The van der Waals surface area contributed by atoms with Crippen molar-refractivity contribution in [3.05, 3.63) is 33.7 Å². The van der Waals surface area contributed by atoms with Crippen molar-refractivity contribution in [2.24, 2.45) is 5.92 Å². The van der Waals surface area contributed by atoms with Gasteiger partial charge >= 0.3 is 0 Å². The number of hydrogen-bond donors (Lipinski definition) is 2. The molecule has 0 spiro atoms. The van der Waals surface area contributed by atoms with Crippen LogP contribution in [0.4, 0.5) is 0 Å². The van der Waals surface area contributed by atoms with Gasteiger partial charge in [0.25, 0.3) is 11.5 Å². The van der Waals surface area contributed by atoms with E-state index in [0.717, 1.165) is 19.1 Å². The number of likely N-dealkylation sites (tertiary alicyclic amines) is 1. The predicted molar refractivity (Wildman–Crippen MR) is 87.9 cm³/mol. The molecule has 1 amide bonds. The van der Waals surface area contributed by atoms with Gasteiger partial charge in [-0.3, -0.25) is 9.59 Å². The number of aromatic amines is 1. The molecule has 1 aliphatic rings. The number of rotatable bonds is 5. The van der Waals surface area contributed by atoms with Crippen molar-refractivity contribution in [2.75, 3.05) is 19.3 Å². The van der Waals surface area contributed by atoms with Gasteiger partial charge in [0, 0.05) is 24.8 Å².